The van der Waals surface area contributed by atoms with Crippen LogP contribution in [0.3, 0.4) is 0 Å². The SMILES string of the molecule is CCCN(Cc1cccc(OC)c1)CC1CCc2nc(-c3ccc(F)cc3)c(-c3ccncc3)n21. The van der Waals surface area contributed by atoms with Gasteiger partial charge in [0.2, 0.25) is 0 Å². The van der Waals surface area contributed by atoms with Crippen LogP contribution in [-0.4, -0.2) is 39.6 Å². The number of methoxy groups -OCH3 is 1. The second-order valence-corrected chi connectivity index (χ2v) is 9.12. The first-order chi connectivity index (χ1) is 17.2. The van der Waals surface area contributed by atoms with E-state index in [1.165, 1.54) is 17.7 Å². The third kappa shape index (κ3) is 4.98. The van der Waals surface area contributed by atoms with Gasteiger partial charge in [0.25, 0.3) is 0 Å². The van der Waals surface area contributed by atoms with E-state index in [9.17, 15) is 4.39 Å². The predicted molar refractivity (Wildman–Crippen MR) is 137 cm³/mol. The fraction of sp³-hybridized carbons (Fsp3) is 0.310. The van der Waals surface area contributed by atoms with E-state index >= 15 is 0 Å². The van der Waals surface area contributed by atoms with Crippen LogP contribution in [0.15, 0.2) is 73.1 Å². The lowest BCUT2D eigenvalue weighted by molar-refractivity contribution is 0.227. The summed E-state index contributed by atoms with van der Waals surface area (Å²) in [6, 6.07) is 19.4. The van der Waals surface area contributed by atoms with Gasteiger partial charge in [-0.1, -0.05) is 19.1 Å². The van der Waals surface area contributed by atoms with Crippen molar-refractivity contribution in [1.82, 2.24) is 19.4 Å². The highest BCUT2D eigenvalue weighted by Crippen LogP contribution is 2.40. The summed E-state index contributed by atoms with van der Waals surface area (Å²) >= 11 is 0. The highest BCUT2D eigenvalue weighted by atomic mass is 19.1. The molecule has 2 aromatic carbocycles. The first-order valence-corrected chi connectivity index (χ1v) is 12.3. The van der Waals surface area contributed by atoms with Crippen molar-refractivity contribution in [2.24, 2.45) is 0 Å². The van der Waals surface area contributed by atoms with Gasteiger partial charge in [-0.3, -0.25) is 9.88 Å². The molecule has 1 atom stereocenters. The molecule has 0 radical (unpaired) electrons. The average molecular weight is 471 g/mol. The maximum Gasteiger partial charge on any atom is 0.123 e. The van der Waals surface area contributed by atoms with E-state index < -0.39 is 0 Å². The molecule has 0 fully saturated rings. The van der Waals surface area contributed by atoms with Crippen molar-refractivity contribution in [1.29, 1.82) is 0 Å². The van der Waals surface area contributed by atoms with Crippen LogP contribution in [0.4, 0.5) is 4.39 Å². The quantitative estimate of drug-likeness (QED) is 0.294. The van der Waals surface area contributed by atoms with Crippen molar-refractivity contribution < 1.29 is 9.13 Å². The predicted octanol–water partition coefficient (Wildman–Crippen LogP) is 6.16. The Morgan fingerprint density at radius 2 is 1.86 bits per heavy atom. The number of hydrogen-bond donors (Lipinski definition) is 0. The van der Waals surface area contributed by atoms with Crippen molar-refractivity contribution in [2.45, 2.75) is 38.8 Å². The molecule has 4 aromatic rings. The van der Waals surface area contributed by atoms with Crippen LogP contribution in [0.1, 0.15) is 37.2 Å². The summed E-state index contributed by atoms with van der Waals surface area (Å²) in [5.74, 6) is 1.75. The molecule has 5 nitrogen and oxygen atoms in total. The lowest BCUT2D eigenvalue weighted by Crippen LogP contribution is -2.30. The summed E-state index contributed by atoms with van der Waals surface area (Å²) in [7, 11) is 1.71. The number of hydrogen-bond acceptors (Lipinski definition) is 4. The summed E-state index contributed by atoms with van der Waals surface area (Å²) in [4.78, 5) is 11.8. The maximum absolute atomic E-state index is 13.6. The molecule has 0 aliphatic carbocycles. The van der Waals surface area contributed by atoms with Gasteiger partial charge in [0.05, 0.1) is 18.5 Å². The monoisotopic (exact) mass is 470 g/mol. The number of ether oxygens (including phenoxy) is 1. The molecular weight excluding hydrogens is 439 g/mol. The molecule has 0 amide bonds. The summed E-state index contributed by atoms with van der Waals surface area (Å²) in [5.41, 5.74) is 5.27. The van der Waals surface area contributed by atoms with Crippen molar-refractivity contribution in [2.75, 3.05) is 20.2 Å². The van der Waals surface area contributed by atoms with Crippen molar-refractivity contribution >= 4 is 0 Å². The summed E-state index contributed by atoms with van der Waals surface area (Å²) in [6.07, 6.45) is 6.72. The number of fused-ring (bicyclic) bond motifs is 1. The Kier molecular flexibility index (Phi) is 6.91. The molecule has 0 spiro atoms. The first kappa shape index (κ1) is 23.2. The Labute approximate surface area is 206 Å². The first-order valence-electron chi connectivity index (χ1n) is 12.3. The minimum atomic E-state index is -0.239. The van der Waals surface area contributed by atoms with Gasteiger partial charge in [-0.2, -0.15) is 0 Å². The zero-order valence-electron chi connectivity index (χ0n) is 20.3. The second-order valence-electron chi connectivity index (χ2n) is 9.12. The maximum atomic E-state index is 13.6. The number of imidazole rings is 1. The normalized spacial score (nSPS) is 14.9. The molecule has 1 unspecified atom stereocenters. The lowest BCUT2D eigenvalue weighted by Gasteiger charge is -2.27. The number of rotatable bonds is 9. The molecule has 3 heterocycles. The van der Waals surface area contributed by atoms with Gasteiger partial charge in [-0.25, -0.2) is 9.37 Å². The number of benzene rings is 2. The third-order valence-electron chi connectivity index (χ3n) is 6.67. The molecule has 2 aromatic heterocycles. The Balaban J connectivity index is 1.50. The molecular formula is C29H31FN4O. The van der Waals surface area contributed by atoms with E-state index in [2.05, 4.69) is 39.6 Å². The van der Waals surface area contributed by atoms with Crippen LogP contribution in [0.5, 0.6) is 5.75 Å². The van der Waals surface area contributed by atoms with Crippen LogP contribution in [0.25, 0.3) is 22.5 Å². The van der Waals surface area contributed by atoms with Gasteiger partial charge in [0.15, 0.2) is 0 Å². The standard InChI is InChI=1S/C29H31FN4O/c1-3-17-33(19-21-5-4-6-26(18-21)35-2)20-25-11-12-27-32-28(22-7-9-24(30)10-8-22)29(34(25)27)23-13-15-31-16-14-23/h4-10,13-16,18,25H,3,11-12,17,19-20H2,1-2H3. The van der Waals surface area contributed by atoms with Crippen LogP contribution in [0.2, 0.25) is 0 Å². The molecule has 5 rings (SSSR count). The molecule has 0 saturated heterocycles. The fourth-order valence-corrected chi connectivity index (χ4v) is 5.12. The number of aryl methyl sites for hydroxylation is 1. The van der Waals surface area contributed by atoms with Crippen molar-refractivity contribution in [3.05, 3.63) is 90.3 Å². The van der Waals surface area contributed by atoms with Gasteiger partial charge >= 0.3 is 0 Å². The third-order valence-corrected chi connectivity index (χ3v) is 6.67. The zero-order chi connectivity index (χ0) is 24.2. The molecule has 1 aliphatic heterocycles. The smallest absolute Gasteiger partial charge is 0.123 e. The van der Waals surface area contributed by atoms with E-state index in [0.29, 0.717) is 6.04 Å². The highest BCUT2D eigenvalue weighted by molar-refractivity contribution is 5.79. The van der Waals surface area contributed by atoms with E-state index in [0.717, 1.165) is 73.0 Å². The number of halogens is 1. The van der Waals surface area contributed by atoms with Crippen LogP contribution in [-0.2, 0) is 13.0 Å². The minimum absolute atomic E-state index is 0.239. The zero-order valence-corrected chi connectivity index (χ0v) is 20.3. The van der Waals surface area contributed by atoms with E-state index in [1.54, 1.807) is 7.11 Å². The van der Waals surface area contributed by atoms with Crippen molar-refractivity contribution in [3.63, 3.8) is 0 Å². The Hall–Kier alpha value is -3.51. The fourth-order valence-electron chi connectivity index (χ4n) is 5.12. The van der Waals surface area contributed by atoms with E-state index in [1.807, 2.05) is 42.7 Å². The van der Waals surface area contributed by atoms with Gasteiger partial charge < -0.3 is 9.30 Å². The lowest BCUT2D eigenvalue weighted by atomic mass is 10.0. The van der Waals surface area contributed by atoms with Crippen LogP contribution < -0.4 is 4.74 Å². The Bertz CT molecular complexity index is 1270. The molecule has 6 heteroatoms. The van der Waals surface area contributed by atoms with Crippen molar-refractivity contribution in [3.8, 4) is 28.3 Å². The van der Waals surface area contributed by atoms with Gasteiger partial charge in [-0.15, -0.1) is 0 Å². The molecule has 35 heavy (non-hydrogen) atoms. The molecule has 1 aliphatic rings. The number of pyridine rings is 1. The number of aromatic nitrogens is 3. The minimum Gasteiger partial charge on any atom is -0.497 e. The number of nitrogens with zero attached hydrogens (tertiary/aromatic N) is 4. The molecule has 180 valence electrons. The van der Waals surface area contributed by atoms with E-state index in [-0.39, 0.29) is 5.82 Å². The molecule has 0 N–H and O–H groups in total. The topological polar surface area (TPSA) is 43.2 Å². The largest absolute Gasteiger partial charge is 0.497 e. The summed E-state index contributed by atoms with van der Waals surface area (Å²) in [5, 5.41) is 0. The highest BCUT2D eigenvalue weighted by Gasteiger charge is 2.31. The average Bonchev–Trinajstić information content (AvgIpc) is 3.45. The van der Waals surface area contributed by atoms with E-state index in [4.69, 9.17) is 9.72 Å². The molecule has 0 saturated carbocycles. The van der Waals surface area contributed by atoms with Gasteiger partial charge in [-0.05, 0) is 73.5 Å². The Morgan fingerprint density at radius 1 is 1.06 bits per heavy atom. The van der Waals surface area contributed by atoms with Crippen LogP contribution >= 0.6 is 0 Å². The van der Waals surface area contributed by atoms with Gasteiger partial charge in [0.1, 0.15) is 17.4 Å². The summed E-state index contributed by atoms with van der Waals surface area (Å²) < 4.78 is 21.5. The van der Waals surface area contributed by atoms with Gasteiger partial charge in [0, 0.05) is 49.1 Å². The second kappa shape index (κ2) is 10.4. The summed E-state index contributed by atoms with van der Waals surface area (Å²) in [6.45, 7) is 5.06. The Morgan fingerprint density at radius 3 is 2.60 bits per heavy atom. The van der Waals surface area contributed by atoms with Crippen LogP contribution in [0, 0.1) is 5.82 Å². The molecule has 0 bridgehead atoms.